The number of rotatable bonds is 8. The molecular weight excluding hydrogens is 429 g/mol. The van der Waals surface area contributed by atoms with E-state index < -0.39 is 5.82 Å². The molecule has 3 rings (SSSR count). The molecule has 0 aromatic heterocycles. The molecule has 178 valence electrons. The van der Waals surface area contributed by atoms with E-state index >= 15 is 0 Å². The zero-order valence-corrected chi connectivity index (χ0v) is 20.4. The lowest BCUT2D eigenvalue weighted by Gasteiger charge is -2.28. The molecule has 0 radical (unpaired) electrons. The van der Waals surface area contributed by atoms with Crippen LogP contribution in [0.15, 0.2) is 66.7 Å². The van der Waals surface area contributed by atoms with Gasteiger partial charge in [-0.2, -0.15) is 0 Å². The first-order chi connectivity index (χ1) is 16.1. The highest BCUT2D eigenvalue weighted by Crippen LogP contribution is 2.26. The van der Waals surface area contributed by atoms with Crippen molar-refractivity contribution in [1.29, 1.82) is 0 Å². The predicted molar refractivity (Wildman–Crippen MR) is 136 cm³/mol. The number of hydrogen-bond donors (Lipinski definition) is 1. The maximum absolute atomic E-state index is 13.4. The van der Waals surface area contributed by atoms with Crippen LogP contribution >= 0.6 is 0 Å². The summed E-state index contributed by atoms with van der Waals surface area (Å²) in [6.07, 6.45) is 0. The minimum Gasteiger partial charge on any atom is -0.377 e. The van der Waals surface area contributed by atoms with Crippen LogP contribution in [0.25, 0.3) is 0 Å². The van der Waals surface area contributed by atoms with Crippen molar-refractivity contribution >= 4 is 23.2 Å². The molecule has 0 aliphatic heterocycles. The molecule has 0 saturated carbocycles. The van der Waals surface area contributed by atoms with Gasteiger partial charge in [0.2, 0.25) is 0 Å². The highest BCUT2D eigenvalue weighted by molar-refractivity contribution is 6.04. The van der Waals surface area contributed by atoms with Crippen LogP contribution in [0.3, 0.4) is 0 Å². The van der Waals surface area contributed by atoms with Crippen LogP contribution in [-0.2, 0) is 6.54 Å². The Balaban J connectivity index is 1.90. The second-order valence-electron chi connectivity index (χ2n) is 9.15. The molecule has 0 saturated heterocycles. The van der Waals surface area contributed by atoms with Crippen molar-refractivity contribution in [3.05, 3.63) is 94.8 Å². The van der Waals surface area contributed by atoms with Crippen LogP contribution < -0.4 is 10.2 Å². The molecule has 0 unspecified atom stereocenters. The number of benzene rings is 3. The van der Waals surface area contributed by atoms with Gasteiger partial charge in [0.05, 0.1) is 0 Å². The van der Waals surface area contributed by atoms with E-state index in [0.717, 1.165) is 16.8 Å². The molecule has 1 N–H and O–H groups in total. The van der Waals surface area contributed by atoms with Gasteiger partial charge < -0.3 is 15.1 Å². The monoisotopic (exact) mass is 461 g/mol. The summed E-state index contributed by atoms with van der Waals surface area (Å²) in [6, 6.07) is 18.7. The molecule has 3 aromatic rings. The summed E-state index contributed by atoms with van der Waals surface area (Å²) in [5, 5.41) is 2.88. The first-order valence-electron chi connectivity index (χ1n) is 11.4. The molecule has 0 aliphatic carbocycles. The van der Waals surface area contributed by atoms with E-state index in [1.54, 1.807) is 0 Å². The molecule has 0 atom stereocenters. The van der Waals surface area contributed by atoms with E-state index in [1.165, 1.54) is 24.3 Å². The van der Waals surface area contributed by atoms with Gasteiger partial charge >= 0.3 is 0 Å². The molecule has 0 heterocycles. The summed E-state index contributed by atoms with van der Waals surface area (Å²) >= 11 is 0. The average Bonchev–Trinajstić information content (AvgIpc) is 2.78. The second-order valence-corrected chi connectivity index (χ2v) is 9.15. The number of amides is 2. The van der Waals surface area contributed by atoms with Gasteiger partial charge in [0, 0.05) is 49.7 Å². The van der Waals surface area contributed by atoms with Crippen LogP contribution in [0.2, 0.25) is 0 Å². The predicted octanol–water partition coefficient (Wildman–Crippen LogP) is 5.75. The van der Waals surface area contributed by atoms with Crippen LogP contribution in [0.4, 0.5) is 15.8 Å². The van der Waals surface area contributed by atoms with Crippen molar-refractivity contribution in [3.63, 3.8) is 0 Å². The maximum atomic E-state index is 13.4. The number of nitrogens with zero attached hydrogens (tertiary/aromatic N) is 2. The van der Waals surface area contributed by atoms with Crippen molar-refractivity contribution in [1.82, 2.24) is 4.90 Å². The third-order valence-electron chi connectivity index (χ3n) is 5.42. The van der Waals surface area contributed by atoms with Gasteiger partial charge in [-0.3, -0.25) is 9.59 Å². The van der Waals surface area contributed by atoms with Gasteiger partial charge in [0.15, 0.2) is 0 Å². The Morgan fingerprint density at radius 1 is 0.941 bits per heavy atom. The van der Waals surface area contributed by atoms with Crippen molar-refractivity contribution < 1.29 is 14.0 Å². The Kier molecular flexibility index (Phi) is 8.05. The average molecular weight is 462 g/mol. The summed E-state index contributed by atoms with van der Waals surface area (Å²) in [5.74, 6) is -0.447. The normalized spacial score (nSPS) is 10.8. The highest BCUT2D eigenvalue weighted by Gasteiger charge is 2.20. The summed E-state index contributed by atoms with van der Waals surface area (Å²) in [6.45, 7) is 7.15. The Hall–Kier alpha value is -3.67. The minimum absolute atomic E-state index is 0.0251. The zero-order valence-electron chi connectivity index (χ0n) is 20.4. The van der Waals surface area contributed by atoms with Gasteiger partial charge in [0.1, 0.15) is 5.82 Å². The smallest absolute Gasteiger partial charge is 0.255 e. The highest BCUT2D eigenvalue weighted by atomic mass is 19.1. The molecule has 0 bridgehead atoms. The standard InChI is InChI=1S/C28H32FN3O2/c1-19(2)17-32(28(34)22-8-6-7-20(3)15-22)18-23-16-25(13-14-26(23)31(4)5)30-27(33)21-9-11-24(29)12-10-21/h6-16,19H,17-18H2,1-5H3,(H,30,33). The summed E-state index contributed by atoms with van der Waals surface area (Å²) < 4.78 is 13.2. The lowest BCUT2D eigenvalue weighted by molar-refractivity contribution is 0.0722. The van der Waals surface area contributed by atoms with E-state index in [1.807, 2.05) is 73.3 Å². The fourth-order valence-electron chi connectivity index (χ4n) is 3.86. The Morgan fingerprint density at radius 2 is 1.65 bits per heavy atom. The molecule has 2 amide bonds. The zero-order chi connectivity index (χ0) is 24.8. The summed E-state index contributed by atoms with van der Waals surface area (Å²) in [5.41, 5.74) is 4.56. The molecule has 0 aliphatic rings. The van der Waals surface area contributed by atoms with Crippen LogP contribution in [0.5, 0.6) is 0 Å². The van der Waals surface area contributed by atoms with Crippen molar-refractivity contribution in [3.8, 4) is 0 Å². The number of halogens is 1. The molecular formula is C28H32FN3O2. The lowest BCUT2D eigenvalue weighted by Crippen LogP contribution is -2.34. The number of carbonyl (C=O) groups is 2. The SMILES string of the molecule is Cc1cccc(C(=O)N(Cc2cc(NC(=O)c3ccc(F)cc3)ccc2N(C)C)CC(C)C)c1. The van der Waals surface area contributed by atoms with Crippen LogP contribution in [0, 0.1) is 18.7 Å². The van der Waals surface area contributed by atoms with Crippen molar-refractivity contribution in [2.45, 2.75) is 27.3 Å². The number of hydrogen-bond acceptors (Lipinski definition) is 3. The molecule has 34 heavy (non-hydrogen) atoms. The summed E-state index contributed by atoms with van der Waals surface area (Å²) in [7, 11) is 3.90. The van der Waals surface area contributed by atoms with E-state index in [9.17, 15) is 14.0 Å². The first kappa shape index (κ1) is 25.0. The number of aryl methyl sites for hydroxylation is 1. The Morgan fingerprint density at radius 3 is 2.26 bits per heavy atom. The fourth-order valence-corrected chi connectivity index (χ4v) is 3.86. The van der Waals surface area contributed by atoms with E-state index in [4.69, 9.17) is 0 Å². The maximum Gasteiger partial charge on any atom is 0.255 e. The van der Waals surface area contributed by atoms with Crippen molar-refractivity contribution in [2.24, 2.45) is 5.92 Å². The second kappa shape index (κ2) is 11.0. The molecule has 0 spiro atoms. The third-order valence-corrected chi connectivity index (χ3v) is 5.42. The minimum atomic E-state index is -0.391. The van der Waals surface area contributed by atoms with Gasteiger partial charge in [-0.05, 0) is 73.0 Å². The van der Waals surface area contributed by atoms with Gasteiger partial charge in [-0.15, -0.1) is 0 Å². The summed E-state index contributed by atoms with van der Waals surface area (Å²) in [4.78, 5) is 29.9. The number of nitrogens with one attached hydrogen (secondary N) is 1. The largest absolute Gasteiger partial charge is 0.377 e. The first-order valence-corrected chi connectivity index (χ1v) is 11.4. The number of anilines is 2. The van der Waals surface area contributed by atoms with Crippen LogP contribution in [-0.4, -0.2) is 37.4 Å². The molecule has 6 heteroatoms. The van der Waals surface area contributed by atoms with Gasteiger partial charge in [0.25, 0.3) is 11.8 Å². The van der Waals surface area contributed by atoms with E-state index in [0.29, 0.717) is 29.9 Å². The number of carbonyl (C=O) groups excluding carboxylic acids is 2. The third kappa shape index (κ3) is 6.44. The molecule has 5 nitrogen and oxygen atoms in total. The van der Waals surface area contributed by atoms with Crippen molar-refractivity contribution in [2.75, 3.05) is 30.9 Å². The van der Waals surface area contributed by atoms with Crippen LogP contribution in [0.1, 0.15) is 45.7 Å². The van der Waals surface area contributed by atoms with E-state index in [2.05, 4.69) is 19.2 Å². The Bertz CT molecular complexity index is 1160. The topological polar surface area (TPSA) is 52.7 Å². The molecule has 0 fully saturated rings. The Labute approximate surface area is 201 Å². The molecule has 3 aromatic carbocycles. The fraction of sp³-hybridized carbons (Fsp3) is 0.286. The van der Waals surface area contributed by atoms with Gasteiger partial charge in [-0.25, -0.2) is 4.39 Å². The van der Waals surface area contributed by atoms with Gasteiger partial charge in [-0.1, -0.05) is 31.5 Å². The van der Waals surface area contributed by atoms with E-state index in [-0.39, 0.29) is 17.7 Å². The quantitative estimate of drug-likeness (QED) is 0.465. The lowest BCUT2D eigenvalue weighted by atomic mass is 10.1.